The SMILES string of the molecule is CCCN(C=O)C(C(=O)O)c1cccc(OC(F)(F)F)c1. The lowest BCUT2D eigenvalue weighted by atomic mass is 10.1. The van der Waals surface area contributed by atoms with Crippen LogP contribution in [0.25, 0.3) is 0 Å². The topological polar surface area (TPSA) is 66.8 Å². The minimum Gasteiger partial charge on any atom is -0.479 e. The molecule has 1 aromatic carbocycles. The van der Waals surface area contributed by atoms with Crippen LogP contribution in [-0.4, -0.2) is 35.3 Å². The van der Waals surface area contributed by atoms with Crippen molar-refractivity contribution in [1.82, 2.24) is 4.90 Å². The fraction of sp³-hybridized carbons (Fsp3) is 0.385. The van der Waals surface area contributed by atoms with Crippen LogP contribution in [0.3, 0.4) is 0 Å². The number of nitrogens with zero attached hydrogens (tertiary/aromatic N) is 1. The van der Waals surface area contributed by atoms with E-state index in [1.54, 1.807) is 6.92 Å². The summed E-state index contributed by atoms with van der Waals surface area (Å²) in [6, 6.07) is 3.22. The molecule has 8 heteroatoms. The monoisotopic (exact) mass is 305 g/mol. The zero-order valence-corrected chi connectivity index (χ0v) is 11.1. The van der Waals surface area contributed by atoms with E-state index in [1.807, 2.05) is 0 Å². The average molecular weight is 305 g/mol. The highest BCUT2D eigenvalue weighted by Gasteiger charge is 2.32. The predicted molar refractivity (Wildman–Crippen MR) is 66.6 cm³/mol. The van der Waals surface area contributed by atoms with Gasteiger partial charge in [-0.1, -0.05) is 19.1 Å². The van der Waals surface area contributed by atoms with Crippen molar-refractivity contribution < 1.29 is 32.6 Å². The number of ether oxygens (including phenoxy) is 1. The van der Waals surface area contributed by atoms with Crippen LogP contribution >= 0.6 is 0 Å². The van der Waals surface area contributed by atoms with E-state index in [2.05, 4.69) is 4.74 Å². The number of amides is 1. The van der Waals surface area contributed by atoms with E-state index in [-0.39, 0.29) is 12.1 Å². The average Bonchev–Trinajstić information content (AvgIpc) is 2.36. The molecule has 0 aromatic heterocycles. The van der Waals surface area contributed by atoms with Gasteiger partial charge in [-0.15, -0.1) is 13.2 Å². The molecule has 0 fully saturated rings. The Labute approximate surface area is 118 Å². The highest BCUT2D eigenvalue weighted by Crippen LogP contribution is 2.27. The van der Waals surface area contributed by atoms with Crippen LogP contribution < -0.4 is 4.74 Å². The van der Waals surface area contributed by atoms with Gasteiger partial charge in [-0.2, -0.15) is 0 Å². The molecular formula is C13H14F3NO4. The maximum atomic E-state index is 12.2. The minimum atomic E-state index is -4.87. The normalized spacial score (nSPS) is 12.6. The zero-order chi connectivity index (χ0) is 16.0. The Balaban J connectivity index is 3.11. The summed E-state index contributed by atoms with van der Waals surface area (Å²) >= 11 is 0. The first kappa shape index (κ1) is 16.8. The smallest absolute Gasteiger partial charge is 0.479 e. The molecular weight excluding hydrogens is 291 g/mol. The molecule has 0 aliphatic rings. The lowest BCUT2D eigenvalue weighted by Gasteiger charge is -2.25. The van der Waals surface area contributed by atoms with Gasteiger partial charge in [0.1, 0.15) is 5.75 Å². The molecule has 5 nitrogen and oxygen atoms in total. The van der Waals surface area contributed by atoms with Gasteiger partial charge >= 0.3 is 12.3 Å². The second kappa shape index (κ2) is 6.96. The van der Waals surface area contributed by atoms with Crippen LogP contribution in [0.15, 0.2) is 24.3 Å². The van der Waals surface area contributed by atoms with E-state index in [0.29, 0.717) is 12.8 Å². The molecule has 0 saturated carbocycles. The number of carboxylic acids is 1. The molecule has 0 aliphatic heterocycles. The molecule has 0 aliphatic carbocycles. The van der Waals surface area contributed by atoms with Crippen molar-refractivity contribution in [1.29, 1.82) is 0 Å². The molecule has 1 amide bonds. The number of rotatable bonds is 7. The first-order valence-electron chi connectivity index (χ1n) is 6.08. The van der Waals surface area contributed by atoms with Crippen LogP contribution in [0.2, 0.25) is 0 Å². The quantitative estimate of drug-likeness (QED) is 0.786. The summed E-state index contributed by atoms with van der Waals surface area (Å²) in [5.41, 5.74) is 0.0322. The maximum absolute atomic E-state index is 12.2. The van der Waals surface area contributed by atoms with Crippen molar-refractivity contribution in [3.8, 4) is 5.75 Å². The van der Waals surface area contributed by atoms with Crippen molar-refractivity contribution in [2.45, 2.75) is 25.7 Å². The van der Waals surface area contributed by atoms with Gasteiger partial charge < -0.3 is 14.7 Å². The number of carboxylic acid groups (broad SMARTS) is 1. The molecule has 1 N–H and O–H groups in total. The Morgan fingerprint density at radius 2 is 2.14 bits per heavy atom. The van der Waals surface area contributed by atoms with Crippen LogP contribution in [-0.2, 0) is 9.59 Å². The molecule has 116 valence electrons. The Kier molecular flexibility index (Phi) is 5.57. The summed E-state index contributed by atoms with van der Waals surface area (Å²) in [6.07, 6.45) is -3.99. The molecule has 0 spiro atoms. The first-order valence-corrected chi connectivity index (χ1v) is 6.08. The molecule has 0 bridgehead atoms. The Morgan fingerprint density at radius 1 is 1.48 bits per heavy atom. The number of hydrogen-bond donors (Lipinski definition) is 1. The number of carbonyl (C=O) groups excluding carboxylic acids is 1. The van der Waals surface area contributed by atoms with Gasteiger partial charge in [0.05, 0.1) is 0 Å². The van der Waals surface area contributed by atoms with Gasteiger partial charge in [0.25, 0.3) is 0 Å². The highest BCUT2D eigenvalue weighted by molar-refractivity contribution is 5.78. The van der Waals surface area contributed by atoms with Gasteiger partial charge in [-0.25, -0.2) is 4.79 Å². The molecule has 0 saturated heterocycles. The van der Waals surface area contributed by atoms with Crippen LogP contribution in [0.1, 0.15) is 24.9 Å². The van der Waals surface area contributed by atoms with Crippen LogP contribution in [0.4, 0.5) is 13.2 Å². The fourth-order valence-corrected chi connectivity index (χ4v) is 1.86. The molecule has 1 aromatic rings. The summed E-state index contributed by atoms with van der Waals surface area (Å²) in [5.74, 6) is -1.87. The predicted octanol–water partition coefficient (Wildman–Crippen LogP) is 2.58. The molecule has 21 heavy (non-hydrogen) atoms. The third kappa shape index (κ3) is 4.97. The number of aliphatic carboxylic acids is 1. The number of benzene rings is 1. The summed E-state index contributed by atoms with van der Waals surface area (Å²) in [7, 11) is 0. The molecule has 1 atom stereocenters. The van der Waals surface area contributed by atoms with E-state index < -0.39 is 24.1 Å². The van der Waals surface area contributed by atoms with Crippen molar-refractivity contribution >= 4 is 12.4 Å². The number of halogens is 3. The second-order valence-electron chi connectivity index (χ2n) is 4.20. The number of alkyl halides is 3. The molecule has 1 unspecified atom stereocenters. The third-order valence-electron chi connectivity index (χ3n) is 2.59. The van der Waals surface area contributed by atoms with Crippen LogP contribution in [0.5, 0.6) is 5.75 Å². The molecule has 0 radical (unpaired) electrons. The van der Waals surface area contributed by atoms with E-state index in [0.717, 1.165) is 17.0 Å². The second-order valence-corrected chi connectivity index (χ2v) is 4.20. The van der Waals surface area contributed by atoms with Crippen molar-refractivity contribution in [2.75, 3.05) is 6.54 Å². The minimum absolute atomic E-state index is 0.0322. The van der Waals surface area contributed by atoms with Crippen molar-refractivity contribution in [3.05, 3.63) is 29.8 Å². The number of carbonyl (C=O) groups is 2. The van der Waals surface area contributed by atoms with Gasteiger partial charge in [0, 0.05) is 6.54 Å². The van der Waals surface area contributed by atoms with Gasteiger partial charge in [-0.3, -0.25) is 4.79 Å². The van der Waals surface area contributed by atoms with E-state index in [9.17, 15) is 27.9 Å². The van der Waals surface area contributed by atoms with E-state index in [1.165, 1.54) is 12.1 Å². The zero-order valence-electron chi connectivity index (χ0n) is 11.1. The van der Waals surface area contributed by atoms with Gasteiger partial charge in [-0.05, 0) is 24.1 Å². The maximum Gasteiger partial charge on any atom is 0.573 e. The highest BCUT2D eigenvalue weighted by atomic mass is 19.4. The Morgan fingerprint density at radius 3 is 2.62 bits per heavy atom. The largest absolute Gasteiger partial charge is 0.573 e. The molecule has 1 rings (SSSR count). The van der Waals surface area contributed by atoms with Crippen molar-refractivity contribution in [2.24, 2.45) is 0 Å². The Bertz CT molecular complexity index is 504. The lowest BCUT2D eigenvalue weighted by molar-refractivity contribution is -0.274. The summed E-state index contributed by atoms with van der Waals surface area (Å²) in [4.78, 5) is 23.3. The standard InChI is InChI=1S/C13H14F3NO4/c1-2-6-17(8-18)11(12(19)20)9-4-3-5-10(7-9)21-13(14,15)16/h3-5,7-8,11H,2,6H2,1H3,(H,19,20). The van der Waals surface area contributed by atoms with Gasteiger partial charge in [0.2, 0.25) is 6.41 Å². The van der Waals surface area contributed by atoms with Gasteiger partial charge in [0.15, 0.2) is 6.04 Å². The van der Waals surface area contributed by atoms with Crippen molar-refractivity contribution in [3.63, 3.8) is 0 Å². The summed E-state index contributed by atoms with van der Waals surface area (Å²) < 4.78 is 40.3. The lowest BCUT2D eigenvalue weighted by Crippen LogP contribution is -2.33. The summed E-state index contributed by atoms with van der Waals surface area (Å²) in [5, 5.41) is 9.21. The number of hydrogen-bond acceptors (Lipinski definition) is 3. The first-order chi connectivity index (χ1) is 9.78. The fourth-order valence-electron chi connectivity index (χ4n) is 1.86. The summed E-state index contributed by atoms with van der Waals surface area (Å²) in [6.45, 7) is 1.92. The Hall–Kier alpha value is -2.25. The van der Waals surface area contributed by atoms with E-state index >= 15 is 0 Å². The third-order valence-corrected chi connectivity index (χ3v) is 2.59. The van der Waals surface area contributed by atoms with E-state index in [4.69, 9.17) is 0 Å². The van der Waals surface area contributed by atoms with Crippen LogP contribution in [0, 0.1) is 0 Å². The molecule has 0 heterocycles.